The Morgan fingerprint density at radius 3 is 2.55 bits per heavy atom. The fraction of sp³-hybridized carbons (Fsp3) is 0.333. The summed E-state index contributed by atoms with van der Waals surface area (Å²) in [5.74, 6) is 0.865. The fourth-order valence-corrected chi connectivity index (χ4v) is 4.02. The Hall–Kier alpha value is -3.35. The summed E-state index contributed by atoms with van der Waals surface area (Å²) in [4.78, 5) is 12.9. The number of hydrogen-bond acceptors (Lipinski definition) is 4. The highest BCUT2D eigenvalue weighted by Gasteiger charge is 2.25. The van der Waals surface area contributed by atoms with Crippen LogP contribution in [0, 0.1) is 5.82 Å². The van der Waals surface area contributed by atoms with Crippen LogP contribution in [0.3, 0.4) is 0 Å². The number of halogens is 1. The van der Waals surface area contributed by atoms with Crippen LogP contribution < -0.4 is 14.8 Å². The molecule has 4 rings (SSSR count). The Balaban J connectivity index is 1.49. The molecule has 162 valence electrons. The van der Waals surface area contributed by atoms with Gasteiger partial charge >= 0.3 is 0 Å². The van der Waals surface area contributed by atoms with Crippen molar-refractivity contribution in [3.63, 3.8) is 0 Å². The number of ether oxygens (including phenoxy) is 2. The van der Waals surface area contributed by atoms with Gasteiger partial charge < -0.3 is 14.8 Å². The van der Waals surface area contributed by atoms with Crippen molar-refractivity contribution < 1.29 is 18.7 Å². The summed E-state index contributed by atoms with van der Waals surface area (Å²) in [6, 6.07) is 11.9. The van der Waals surface area contributed by atoms with E-state index in [1.165, 1.54) is 12.1 Å². The molecule has 1 aliphatic carbocycles. The smallest absolute Gasteiger partial charge is 0.272 e. The van der Waals surface area contributed by atoms with Gasteiger partial charge in [-0.15, -0.1) is 0 Å². The van der Waals surface area contributed by atoms with Crippen LogP contribution in [0.4, 0.5) is 4.39 Å². The maximum Gasteiger partial charge on any atom is 0.272 e. The van der Waals surface area contributed by atoms with Gasteiger partial charge in [0.15, 0.2) is 17.2 Å². The molecule has 0 aliphatic heterocycles. The number of amides is 1. The second-order valence-electron chi connectivity index (χ2n) is 7.56. The summed E-state index contributed by atoms with van der Waals surface area (Å²) < 4.78 is 25.7. The molecule has 0 fully saturated rings. The molecule has 31 heavy (non-hydrogen) atoms. The van der Waals surface area contributed by atoms with Crippen LogP contribution in [-0.4, -0.2) is 36.5 Å². The van der Waals surface area contributed by atoms with E-state index in [0.717, 1.165) is 48.2 Å². The van der Waals surface area contributed by atoms with Crippen LogP contribution >= 0.6 is 0 Å². The summed E-state index contributed by atoms with van der Waals surface area (Å²) in [5.41, 5.74) is 4.31. The van der Waals surface area contributed by atoms with Crippen LogP contribution in [0.25, 0.3) is 5.69 Å². The molecule has 1 amide bonds. The molecule has 0 atom stereocenters. The van der Waals surface area contributed by atoms with Crippen molar-refractivity contribution in [2.75, 3.05) is 20.8 Å². The predicted molar refractivity (Wildman–Crippen MR) is 116 cm³/mol. The topological polar surface area (TPSA) is 65.4 Å². The zero-order valence-electron chi connectivity index (χ0n) is 17.8. The standard InChI is InChI=1S/C24H26FN3O3/c1-30-21-12-7-16(15-22(21)31-2)13-14-26-24(29)23-19-5-3-4-6-20(19)28(27-23)18-10-8-17(25)9-11-18/h7-12,15H,3-6,13-14H2,1-2H3,(H,26,29). The van der Waals surface area contributed by atoms with Gasteiger partial charge in [0.05, 0.1) is 19.9 Å². The molecule has 3 aromatic rings. The lowest BCUT2D eigenvalue weighted by Gasteiger charge is -2.14. The van der Waals surface area contributed by atoms with Gasteiger partial charge in [-0.3, -0.25) is 4.79 Å². The number of aromatic nitrogens is 2. The number of benzene rings is 2. The summed E-state index contributed by atoms with van der Waals surface area (Å²) in [6.45, 7) is 0.479. The monoisotopic (exact) mass is 423 g/mol. The highest BCUT2D eigenvalue weighted by Crippen LogP contribution is 2.28. The zero-order chi connectivity index (χ0) is 21.8. The minimum Gasteiger partial charge on any atom is -0.493 e. The lowest BCUT2D eigenvalue weighted by molar-refractivity contribution is 0.0947. The van der Waals surface area contributed by atoms with E-state index in [2.05, 4.69) is 10.4 Å². The maximum absolute atomic E-state index is 13.3. The van der Waals surface area contributed by atoms with Crippen molar-refractivity contribution in [2.24, 2.45) is 0 Å². The largest absolute Gasteiger partial charge is 0.493 e. The predicted octanol–water partition coefficient (Wildman–Crippen LogP) is 3.88. The average Bonchev–Trinajstić information content (AvgIpc) is 3.19. The first kappa shape index (κ1) is 20.9. The second-order valence-corrected chi connectivity index (χ2v) is 7.56. The SMILES string of the molecule is COc1ccc(CCNC(=O)c2nn(-c3ccc(F)cc3)c3c2CCCC3)cc1OC. The normalized spacial score (nSPS) is 12.9. The first-order valence-electron chi connectivity index (χ1n) is 10.5. The van der Waals surface area contributed by atoms with E-state index in [4.69, 9.17) is 9.47 Å². The van der Waals surface area contributed by atoms with Crippen LogP contribution in [0.15, 0.2) is 42.5 Å². The lowest BCUT2D eigenvalue weighted by atomic mass is 9.95. The molecule has 2 aromatic carbocycles. The number of methoxy groups -OCH3 is 2. The van der Waals surface area contributed by atoms with Gasteiger partial charge in [-0.1, -0.05) is 6.07 Å². The summed E-state index contributed by atoms with van der Waals surface area (Å²) in [6.07, 6.45) is 4.44. The molecule has 0 radical (unpaired) electrons. The molecule has 0 unspecified atom stereocenters. The number of carbonyl (C=O) groups excluding carboxylic acids is 1. The van der Waals surface area contributed by atoms with Gasteiger partial charge in [0.25, 0.3) is 5.91 Å². The van der Waals surface area contributed by atoms with E-state index in [9.17, 15) is 9.18 Å². The maximum atomic E-state index is 13.3. The molecule has 1 heterocycles. The Labute approximate surface area is 181 Å². The van der Waals surface area contributed by atoms with Crippen molar-refractivity contribution in [1.82, 2.24) is 15.1 Å². The van der Waals surface area contributed by atoms with E-state index in [1.54, 1.807) is 31.0 Å². The van der Waals surface area contributed by atoms with Crippen molar-refractivity contribution in [3.8, 4) is 17.2 Å². The molecule has 1 aromatic heterocycles. The quantitative estimate of drug-likeness (QED) is 0.626. The number of hydrogen-bond donors (Lipinski definition) is 1. The summed E-state index contributed by atoms with van der Waals surface area (Å²) in [5, 5.41) is 7.60. The Morgan fingerprint density at radius 1 is 1.06 bits per heavy atom. The minimum absolute atomic E-state index is 0.181. The number of rotatable bonds is 7. The number of fused-ring (bicyclic) bond motifs is 1. The Bertz CT molecular complexity index is 1080. The van der Waals surface area contributed by atoms with Gasteiger partial charge in [0.1, 0.15) is 5.82 Å². The Morgan fingerprint density at radius 2 is 1.81 bits per heavy atom. The third kappa shape index (κ3) is 4.40. The molecule has 0 spiro atoms. The summed E-state index contributed by atoms with van der Waals surface area (Å²) >= 11 is 0. The molecule has 7 heteroatoms. The van der Waals surface area contributed by atoms with E-state index in [0.29, 0.717) is 30.2 Å². The zero-order valence-corrected chi connectivity index (χ0v) is 17.8. The van der Waals surface area contributed by atoms with Crippen molar-refractivity contribution in [3.05, 3.63) is 70.8 Å². The van der Waals surface area contributed by atoms with Crippen LogP contribution in [-0.2, 0) is 19.3 Å². The van der Waals surface area contributed by atoms with E-state index in [1.807, 2.05) is 18.2 Å². The average molecular weight is 423 g/mol. The molecule has 6 nitrogen and oxygen atoms in total. The molecule has 1 aliphatic rings. The first-order chi connectivity index (χ1) is 15.1. The van der Waals surface area contributed by atoms with Crippen molar-refractivity contribution >= 4 is 5.91 Å². The van der Waals surface area contributed by atoms with E-state index < -0.39 is 0 Å². The van der Waals surface area contributed by atoms with Gasteiger partial charge in [-0.05, 0) is 74.1 Å². The first-order valence-corrected chi connectivity index (χ1v) is 10.5. The third-order valence-corrected chi connectivity index (χ3v) is 5.61. The molecule has 0 saturated carbocycles. The molecule has 1 N–H and O–H groups in total. The fourth-order valence-electron chi connectivity index (χ4n) is 4.02. The van der Waals surface area contributed by atoms with Crippen LogP contribution in [0.1, 0.15) is 40.2 Å². The van der Waals surface area contributed by atoms with Gasteiger partial charge in [0, 0.05) is 17.8 Å². The van der Waals surface area contributed by atoms with Crippen molar-refractivity contribution in [1.29, 1.82) is 0 Å². The highest BCUT2D eigenvalue weighted by molar-refractivity contribution is 5.94. The lowest BCUT2D eigenvalue weighted by Crippen LogP contribution is -2.27. The van der Waals surface area contributed by atoms with Crippen molar-refractivity contribution in [2.45, 2.75) is 32.1 Å². The minimum atomic E-state index is -0.294. The molecular formula is C24H26FN3O3. The summed E-state index contributed by atoms with van der Waals surface area (Å²) in [7, 11) is 3.20. The molecule has 0 bridgehead atoms. The van der Waals surface area contributed by atoms with E-state index in [-0.39, 0.29) is 11.7 Å². The third-order valence-electron chi connectivity index (χ3n) is 5.61. The van der Waals surface area contributed by atoms with Crippen LogP contribution in [0.2, 0.25) is 0 Å². The van der Waals surface area contributed by atoms with Gasteiger partial charge in [-0.25, -0.2) is 9.07 Å². The highest BCUT2D eigenvalue weighted by atomic mass is 19.1. The second kappa shape index (κ2) is 9.20. The molecular weight excluding hydrogens is 397 g/mol. The van der Waals surface area contributed by atoms with Gasteiger partial charge in [0.2, 0.25) is 0 Å². The molecule has 0 saturated heterocycles. The Kier molecular flexibility index (Phi) is 6.21. The van der Waals surface area contributed by atoms with Gasteiger partial charge in [-0.2, -0.15) is 5.10 Å². The van der Waals surface area contributed by atoms with E-state index >= 15 is 0 Å². The number of carbonyl (C=O) groups is 1. The number of nitrogens with one attached hydrogen (secondary N) is 1. The van der Waals surface area contributed by atoms with Crippen LogP contribution in [0.5, 0.6) is 11.5 Å². The number of nitrogens with zero attached hydrogens (tertiary/aromatic N) is 2.